The summed E-state index contributed by atoms with van der Waals surface area (Å²) < 4.78 is 31.1. The summed E-state index contributed by atoms with van der Waals surface area (Å²) in [6, 6.07) is 1.94. The molecule has 0 bridgehead atoms. The van der Waals surface area contributed by atoms with Crippen LogP contribution in [0.1, 0.15) is 66.4 Å². The summed E-state index contributed by atoms with van der Waals surface area (Å²) in [5, 5.41) is 0.0937. The minimum Gasteiger partial charge on any atom is -0.546 e. The van der Waals surface area contributed by atoms with Crippen LogP contribution in [0, 0.1) is 16.7 Å². The van der Waals surface area contributed by atoms with Crippen LogP contribution in [0.4, 0.5) is 0 Å². The number of methoxy groups -OCH3 is 1. The number of allylic oxidation sites excluding steroid dienone is 2. The molecule has 1 aromatic heterocycles. The highest BCUT2D eigenvalue weighted by Crippen LogP contribution is 2.65. The molecule has 2 heterocycles. The van der Waals surface area contributed by atoms with Crippen LogP contribution < -0.4 is 0 Å². The molecule has 0 aromatic carbocycles. The lowest BCUT2D eigenvalue weighted by atomic mass is 9.50. The molecule has 0 unspecified atom stereocenters. The molecule has 0 amide bonds. The van der Waals surface area contributed by atoms with E-state index in [-0.39, 0.29) is 21.8 Å². The van der Waals surface area contributed by atoms with Gasteiger partial charge in [0.2, 0.25) is 8.32 Å². The maximum Gasteiger partial charge on any atom is 0.250 e. The lowest BCUT2D eigenvalue weighted by molar-refractivity contribution is -0.242. The summed E-state index contributed by atoms with van der Waals surface area (Å²) in [4.78, 5) is 0. The molecule has 0 radical (unpaired) electrons. The lowest BCUT2D eigenvalue weighted by Crippen LogP contribution is -2.58. The Morgan fingerprint density at radius 2 is 1.80 bits per heavy atom. The third kappa shape index (κ3) is 4.15. The zero-order chi connectivity index (χ0) is 25.9. The van der Waals surface area contributed by atoms with Gasteiger partial charge >= 0.3 is 0 Å². The molecule has 0 N–H and O–H groups in total. The third-order valence-corrected chi connectivity index (χ3v) is 13.6. The van der Waals surface area contributed by atoms with E-state index < -0.39 is 14.1 Å². The molecule has 4 rings (SSSR count). The average Bonchev–Trinajstić information content (AvgIpc) is 3.43. The van der Waals surface area contributed by atoms with Gasteiger partial charge in [0.1, 0.15) is 12.0 Å². The Morgan fingerprint density at radius 1 is 1.14 bits per heavy atom. The molecule has 1 aliphatic heterocycles. The Kier molecular flexibility index (Phi) is 6.52. The van der Waals surface area contributed by atoms with Crippen molar-refractivity contribution in [2.75, 3.05) is 20.3 Å². The molecular formula is C29H44O5Si. The van der Waals surface area contributed by atoms with Gasteiger partial charge in [-0.1, -0.05) is 53.7 Å². The van der Waals surface area contributed by atoms with E-state index in [0.29, 0.717) is 19.6 Å². The van der Waals surface area contributed by atoms with Gasteiger partial charge in [-0.2, -0.15) is 0 Å². The van der Waals surface area contributed by atoms with Crippen LogP contribution in [0.25, 0.3) is 5.76 Å². The van der Waals surface area contributed by atoms with Gasteiger partial charge in [0.25, 0.3) is 0 Å². The predicted octanol–water partition coefficient (Wildman–Crippen LogP) is 7.69. The van der Waals surface area contributed by atoms with Crippen molar-refractivity contribution in [2.45, 2.75) is 84.7 Å². The van der Waals surface area contributed by atoms with E-state index in [9.17, 15) is 0 Å². The van der Waals surface area contributed by atoms with Gasteiger partial charge in [-0.15, -0.1) is 0 Å². The van der Waals surface area contributed by atoms with Crippen molar-refractivity contribution in [3.8, 4) is 0 Å². The monoisotopic (exact) mass is 500 g/mol. The third-order valence-electron chi connectivity index (χ3n) is 9.20. The smallest absolute Gasteiger partial charge is 0.250 e. The van der Waals surface area contributed by atoms with E-state index in [1.807, 2.05) is 6.07 Å². The predicted molar refractivity (Wildman–Crippen MR) is 142 cm³/mol. The van der Waals surface area contributed by atoms with Gasteiger partial charge in [-0.25, -0.2) is 0 Å². The van der Waals surface area contributed by atoms with Crippen molar-refractivity contribution in [3.05, 3.63) is 53.7 Å². The van der Waals surface area contributed by atoms with E-state index in [1.54, 1.807) is 19.6 Å². The van der Waals surface area contributed by atoms with Gasteiger partial charge in [0.05, 0.1) is 37.9 Å². The molecule has 6 heteroatoms. The highest BCUT2D eigenvalue weighted by Gasteiger charge is 2.63. The molecule has 1 spiro atoms. The molecular weight excluding hydrogens is 456 g/mol. The van der Waals surface area contributed by atoms with E-state index in [0.717, 1.165) is 35.5 Å². The van der Waals surface area contributed by atoms with E-state index >= 15 is 0 Å². The number of fused-ring (bicyclic) bond motifs is 1. The first-order chi connectivity index (χ1) is 16.2. The second-order valence-electron chi connectivity index (χ2n) is 12.7. The van der Waals surface area contributed by atoms with Crippen molar-refractivity contribution in [1.29, 1.82) is 0 Å². The molecule has 1 saturated heterocycles. The molecule has 35 heavy (non-hydrogen) atoms. The van der Waals surface area contributed by atoms with Crippen LogP contribution in [0.15, 0.2) is 52.6 Å². The summed E-state index contributed by atoms with van der Waals surface area (Å²) in [6.45, 7) is 24.3. The van der Waals surface area contributed by atoms with Crippen molar-refractivity contribution in [3.63, 3.8) is 0 Å². The Balaban J connectivity index is 1.89. The number of rotatable bonds is 5. The lowest BCUT2D eigenvalue weighted by Gasteiger charge is -2.59. The highest BCUT2D eigenvalue weighted by molar-refractivity contribution is 6.74. The summed E-state index contributed by atoms with van der Waals surface area (Å²) in [5.74, 6) is 1.36. The van der Waals surface area contributed by atoms with Crippen LogP contribution >= 0.6 is 0 Å². The second kappa shape index (κ2) is 8.67. The van der Waals surface area contributed by atoms with Gasteiger partial charge < -0.3 is 23.1 Å². The minimum atomic E-state index is -2.08. The fourth-order valence-corrected chi connectivity index (χ4v) is 7.34. The zero-order valence-corrected chi connectivity index (χ0v) is 24.2. The van der Waals surface area contributed by atoms with Crippen LogP contribution in [-0.4, -0.2) is 34.4 Å². The molecule has 2 atom stereocenters. The number of ether oxygens (including phenoxy) is 3. The normalized spacial score (nSPS) is 28.9. The fourth-order valence-electron chi connectivity index (χ4n) is 6.25. The molecule has 2 aliphatic carbocycles. The Hall–Kier alpha value is -1.76. The van der Waals surface area contributed by atoms with Crippen molar-refractivity contribution < 1.29 is 23.1 Å². The largest absolute Gasteiger partial charge is 0.546 e. The standard InChI is InChI=1S/C29H44O5Si/c1-20-17-24(34-35(9,10)26(2,3)4)25-27(5,6)29(32-15-16-33-29)13-12-28(25,7)22(20)18-23(30-8)21-11-14-31-19-21/h11,14,18-19,22H,1,12-13,15-17H2,2-10H3/b23-18-/t22-,28+/m0/s1. The summed E-state index contributed by atoms with van der Waals surface area (Å²) >= 11 is 0. The number of hydrogen-bond donors (Lipinski definition) is 0. The van der Waals surface area contributed by atoms with Crippen LogP contribution in [0.2, 0.25) is 18.1 Å². The highest BCUT2D eigenvalue weighted by atomic mass is 28.4. The summed E-state index contributed by atoms with van der Waals surface area (Å²) in [7, 11) is -0.365. The molecule has 1 aromatic rings. The van der Waals surface area contributed by atoms with Gasteiger partial charge in [-0.05, 0) is 42.3 Å². The zero-order valence-electron chi connectivity index (χ0n) is 23.2. The van der Waals surface area contributed by atoms with Crippen molar-refractivity contribution in [1.82, 2.24) is 0 Å². The number of furan rings is 1. The topological polar surface area (TPSA) is 50.1 Å². The quantitative estimate of drug-likeness (QED) is 0.236. The van der Waals surface area contributed by atoms with E-state index in [2.05, 4.69) is 67.3 Å². The maximum atomic E-state index is 7.12. The molecule has 194 valence electrons. The van der Waals surface area contributed by atoms with Crippen molar-refractivity contribution >= 4 is 14.1 Å². The first kappa shape index (κ1) is 26.3. The Morgan fingerprint density at radius 3 is 2.34 bits per heavy atom. The van der Waals surface area contributed by atoms with Crippen molar-refractivity contribution in [2.24, 2.45) is 16.7 Å². The first-order valence-corrected chi connectivity index (χ1v) is 15.8. The average molecular weight is 501 g/mol. The Bertz CT molecular complexity index is 1020. The number of hydrogen-bond acceptors (Lipinski definition) is 5. The van der Waals surface area contributed by atoms with Crippen LogP contribution in [-0.2, 0) is 18.6 Å². The first-order valence-electron chi connectivity index (χ1n) is 12.9. The van der Waals surface area contributed by atoms with Gasteiger partial charge in [0.15, 0.2) is 5.79 Å². The minimum absolute atomic E-state index is 0.0899. The van der Waals surface area contributed by atoms with Gasteiger partial charge in [-0.3, -0.25) is 0 Å². The van der Waals surface area contributed by atoms with Crippen LogP contribution in [0.5, 0.6) is 0 Å². The summed E-state index contributed by atoms with van der Waals surface area (Å²) in [5.41, 5.74) is 2.85. The summed E-state index contributed by atoms with van der Waals surface area (Å²) in [6.07, 6.45) is 8.10. The second-order valence-corrected chi connectivity index (χ2v) is 17.4. The van der Waals surface area contributed by atoms with E-state index in [1.165, 1.54) is 5.57 Å². The molecule has 3 aliphatic rings. The molecule has 2 fully saturated rings. The van der Waals surface area contributed by atoms with Gasteiger partial charge in [0, 0.05) is 29.6 Å². The van der Waals surface area contributed by atoms with E-state index in [4.69, 9.17) is 23.1 Å². The SMILES string of the molecule is C=C1CC(O[Si](C)(C)C(C)(C)C)=C2C(C)(C)C3(CC[C@]2(C)[C@H]1/C=C(\OC)c1ccoc1)OCCO3. The molecule has 5 nitrogen and oxygen atoms in total. The van der Waals surface area contributed by atoms with Crippen LogP contribution in [0.3, 0.4) is 0 Å². The maximum absolute atomic E-state index is 7.12. The Labute approximate surface area is 212 Å². The molecule has 1 saturated carbocycles. The fraction of sp³-hybridized carbons (Fsp3) is 0.655.